The maximum absolute atomic E-state index is 12.8. The number of thiophene rings is 1. The zero-order chi connectivity index (χ0) is 23.5. The molecule has 170 valence electrons. The first kappa shape index (κ1) is 22.0. The van der Waals surface area contributed by atoms with Crippen LogP contribution in [0.2, 0.25) is 0 Å². The van der Waals surface area contributed by atoms with Crippen LogP contribution < -0.4 is 10.6 Å². The molecule has 0 fully saturated rings. The van der Waals surface area contributed by atoms with Crippen LogP contribution in [-0.2, 0) is 13.1 Å². The molecular weight excluding hydrogens is 438 g/mol. The van der Waals surface area contributed by atoms with Crippen LogP contribution in [0, 0.1) is 13.8 Å². The van der Waals surface area contributed by atoms with E-state index in [4.69, 9.17) is 0 Å². The largest absolute Gasteiger partial charge is 0.335 e. The number of rotatable bonds is 6. The molecule has 0 spiro atoms. The van der Waals surface area contributed by atoms with E-state index in [1.165, 1.54) is 21.5 Å². The number of hydrogen-bond donors (Lipinski definition) is 2. The van der Waals surface area contributed by atoms with Gasteiger partial charge < -0.3 is 15.2 Å². The van der Waals surface area contributed by atoms with Gasteiger partial charge in [-0.2, -0.15) is 0 Å². The van der Waals surface area contributed by atoms with Crippen molar-refractivity contribution in [1.82, 2.24) is 9.88 Å². The highest BCUT2D eigenvalue weighted by atomic mass is 32.1. The SMILES string of the molecule is Cc1ccc(NC(=O)NCc2c(-c3cccs3)n(Cc3ccccc3)c3ccccc23)cc1C. The molecule has 0 radical (unpaired) electrons. The van der Waals surface area contributed by atoms with Gasteiger partial charge in [0.2, 0.25) is 0 Å². The minimum atomic E-state index is -0.208. The molecule has 0 aliphatic carbocycles. The number of aromatic nitrogens is 1. The van der Waals surface area contributed by atoms with Crippen molar-refractivity contribution in [2.75, 3.05) is 5.32 Å². The quantitative estimate of drug-likeness (QED) is 0.270. The zero-order valence-electron chi connectivity index (χ0n) is 19.3. The molecule has 4 nitrogen and oxygen atoms in total. The molecule has 34 heavy (non-hydrogen) atoms. The molecule has 0 bridgehead atoms. The fourth-order valence-electron chi connectivity index (χ4n) is 4.34. The lowest BCUT2D eigenvalue weighted by molar-refractivity contribution is 0.252. The van der Waals surface area contributed by atoms with Gasteiger partial charge in [-0.05, 0) is 60.2 Å². The Balaban J connectivity index is 1.49. The van der Waals surface area contributed by atoms with Gasteiger partial charge in [-0.15, -0.1) is 11.3 Å². The van der Waals surface area contributed by atoms with Crippen molar-refractivity contribution in [2.45, 2.75) is 26.9 Å². The predicted molar refractivity (Wildman–Crippen MR) is 143 cm³/mol. The lowest BCUT2D eigenvalue weighted by Gasteiger charge is -2.13. The van der Waals surface area contributed by atoms with Crippen molar-refractivity contribution in [3.63, 3.8) is 0 Å². The molecule has 3 aromatic carbocycles. The summed E-state index contributed by atoms with van der Waals surface area (Å²) in [5, 5.41) is 9.33. The molecule has 5 rings (SSSR count). The Labute approximate surface area is 203 Å². The maximum atomic E-state index is 12.8. The van der Waals surface area contributed by atoms with E-state index in [0.717, 1.165) is 34.4 Å². The number of urea groups is 1. The Kier molecular flexibility index (Phi) is 6.19. The zero-order valence-corrected chi connectivity index (χ0v) is 20.2. The monoisotopic (exact) mass is 465 g/mol. The Morgan fingerprint density at radius 3 is 2.44 bits per heavy atom. The molecule has 2 N–H and O–H groups in total. The summed E-state index contributed by atoms with van der Waals surface area (Å²) in [7, 11) is 0. The molecular formula is C29H27N3OS. The number of nitrogens with one attached hydrogen (secondary N) is 2. The van der Waals surface area contributed by atoms with Crippen LogP contribution in [0.3, 0.4) is 0 Å². The number of benzene rings is 3. The lowest BCUT2D eigenvalue weighted by atomic mass is 10.1. The number of fused-ring (bicyclic) bond motifs is 1. The molecule has 0 aliphatic rings. The van der Waals surface area contributed by atoms with Gasteiger partial charge in [-0.1, -0.05) is 60.7 Å². The smallest absolute Gasteiger partial charge is 0.319 e. The van der Waals surface area contributed by atoms with E-state index in [9.17, 15) is 4.79 Å². The summed E-state index contributed by atoms with van der Waals surface area (Å²) in [4.78, 5) is 14.0. The number of aryl methyl sites for hydroxylation is 2. The van der Waals surface area contributed by atoms with Gasteiger partial charge in [0.15, 0.2) is 0 Å². The molecule has 5 aromatic rings. The number of hydrogen-bond acceptors (Lipinski definition) is 2. The van der Waals surface area contributed by atoms with Crippen LogP contribution in [-0.4, -0.2) is 10.6 Å². The summed E-state index contributed by atoms with van der Waals surface area (Å²) in [5.74, 6) is 0. The molecule has 2 amide bonds. The summed E-state index contributed by atoms with van der Waals surface area (Å²) in [6.45, 7) is 5.32. The first-order chi connectivity index (χ1) is 16.6. The maximum Gasteiger partial charge on any atom is 0.319 e. The number of carbonyl (C=O) groups is 1. The van der Waals surface area contributed by atoms with E-state index in [0.29, 0.717) is 6.54 Å². The van der Waals surface area contributed by atoms with E-state index in [2.05, 4.69) is 88.2 Å². The lowest BCUT2D eigenvalue weighted by Crippen LogP contribution is -2.28. The van der Waals surface area contributed by atoms with E-state index in [1.54, 1.807) is 11.3 Å². The topological polar surface area (TPSA) is 46.1 Å². The van der Waals surface area contributed by atoms with Gasteiger partial charge >= 0.3 is 6.03 Å². The van der Waals surface area contributed by atoms with Gasteiger partial charge in [0.25, 0.3) is 0 Å². The minimum Gasteiger partial charge on any atom is -0.335 e. The summed E-state index contributed by atoms with van der Waals surface area (Å²) >= 11 is 1.72. The summed E-state index contributed by atoms with van der Waals surface area (Å²) in [6.07, 6.45) is 0. The van der Waals surface area contributed by atoms with Crippen LogP contribution in [0.1, 0.15) is 22.3 Å². The highest BCUT2D eigenvalue weighted by molar-refractivity contribution is 7.13. The minimum absolute atomic E-state index is 0.208. The second kappa shape index (κ2) is 9.57. The van der Waals surface area contributed by atoms with E-state index < -0.39 is 0 Å². The van der Waals surface area contributed by atoms with Crippen LogP contribution >= 0.6 is 11.3 Å². The standard InChI is InChI=1S/C29H27N3OS/c1-20-14-15-23(17-21(20)2)31-29(33)30-18-25-24-11-6-7-12-26(24)32(19-22-9-4-3-5-10-22)28(25)27-13-8-16-34-27/h3-17H,18-19H2,1-2H3,(H2,30,31,33). The third-order valence-electron chi connectivity index (χ3n) is 6.20. The van der Waals surface area contributed by atoms with E-state index in [-0.39, 0.29) is 6.03 Å². The normalized spacial score (nSPS) is 11.0. The number of amides is 2. The average Bonchev–Trinajstić information content (AvgIpc) is 3.47. The van der Waals surface area contributed by atoms with Crippen LogP contribution in [0.15, 0.2) is 90.3 Å². The van der Waals surface area contributed by atoms with Crippen LogP contribution in [0.25, 0.3) is 21.5 Å². The highest BCUT2D eigenvalue weighted by Gasteiger charge is 2.20. The first-order valence-corrected chi connectivity index (χ1v) is 12.3. The third-order valence-corrected chi connectivity index (χ3v) is 7.08. The Bertz CT molecular complexity index is 1440. The number of nitrogens with zero attached hydrogens (tertiary/aromatic N) is 1. The van der Waals surface area contributed by atoms with Gasteiger partial charge in [-0.3, -0.25) is 0 Å². The highest BCUT2D eigenvalue weighted by Crippen LogP contribution is 2.36. The Morgan fingerprint density at radius 2 is 1.68 bits per heavy atom. The molecule has 0 saturated carbocycles. The van der Waals surface area contributed by atoms with Crippen molar-refractivity contribution in [3.05, 3.63) is 113 Å². The molecule has 0 unspecified atom stereocenters. The Hall–Kier alpha value is -3.83. The van der Waals surface area contributed by atoms with Crippen LogP contribution in [0.4, 0.5) is 10.5 Å². The van der Waals surface area contributed by atoms with Crippen molar-refractivity contribution >= 4 is 34.0 Å². The molecule has 0 saturated heterocycles. The van der Waals surface area contributed by atoms with E-state index in [1.807, 2.05) is 31.2 Å². The van der Waals surface area contributed by atoms with Crippen molar-refractivity contribution in [2.24, 2.45) is 0 Å². The van der Waals surface area contributed by atoms with Crippen molar-refractivity contribution in [3.8, 4) is 10.6 Å². The van der Waals surface area contributed by atoms with Gasteiger partial charge in [0.1, 0.15) is 0 Å². The fourth-order valence-corrected chi connectivity index (χ4v) is 5.15. The second-order valence-electron chi connectivity index (χ2n) is 8.50. The molecule has 0 aliphatic heterocycles. The van der Waals surface area contributed by atoms with Gasteiger partial charge in [0.05, 0.1) is 10.6 Å². The number of carbonyl (C=O) groups excluding carboxylic acids is 1. The van der Waals surface area contributed by atoms with Crippen molar-refractivity contribution in [1.29, 1.82) is 0 Å². The van der Waals surface area contributed by atoms with Crippen LogP contribution in [0.5, 0.6) is 0 Å². The molecule has 0 atom stereocenters. The third kappa shape index (κ3) is 4.47. The molecule has 5 heteroatoms. The van der Waals surface area contributed by atoms with Gasteiger partial charge in [0, 0.05) is 35.2 Å². The number of para-hydroxylation sites is 1. The second-order valence-corrected chi connectivity index (χ2v) is 9.45. The van der Waals surface area contributed by atoms with E-state index >= 15 is 0 Å². The van der Waals surface area contributed by atoms with Gasteiger partial charge in [-0.25, -0.2) is 4.79 Å². The first-order valence-electron chi connectivity index (χ1n) is 11.4. The average molecular weight is 466 g/mol. The summed E-state index contributed by atoms with van der Waals surface area (Å²) in [5.41, 5.74) is 7.86. The fraction of sp³-hybridized carbons (Fsp3) is 0.138. The summed E-state index contributed by atoms with van der Waals surface area (Å²) in [6, 6.07) is 28.9. The predicted octanol–water partition coefficient (Wildman–Crippen LogP) is 7.36. The molecule has 2 heterocycles. The summed E-state index contributed by atoms with van der Waals surface area (Å²) < 4.78 is 2.37. The number of anilines is 1. The molecule has 2 aromatic heterocycles. The Morgan fingerprint density at radius 1 is 0.882 bits per heavy atom. The van der Waals surface area contributed by atoms with Crippen molar-refractivity contribution < 1.29 is 4.79 Å².